The summed E-state index contributed by atoms with van der Waals surface area (Å²) in [6.45, 7) is 4.30. The van der Waals surface area contributed by atoms with Gasteiger partial charge in [0.2, 0.25) is 0 Å². The van der Waals surface area contributed by atoms with E-state index >= 15 is 0 Å². The van der Waals surface area contributed by atoms with Crippen molar-refractivity contribution in [1.29, 1.82) is 0 Å². The van der Waals surface area contributed by atoms with Crippen LogP contribution in [0, 0.1) is 0 Å². The minimum absolute atomic E-state index is 0.603. The molecule has 0 amide bonds. The fourth-order valence-electron chi connectivity index (χ4n) is 2.40. The highest BCUT2D eigenvalue weighted by Gasteiger charge is 2.15. The Balaban J connectivity index is 2.29. The Bertz CT molecular complexity index is 550. The van der Waals surface area contributed by atoms with Crippen molar-refractivity contribution in [2.75, 3.05) is 26.1 Å². The molecule has 0 fully saturated rings. The van der Waals surface area contributed by atoms with Crippen molar-refractivity contribution in [3.8, 4) is 0 Å². The van der Waals surface area contributed by atoms with E-state index in [1.807, 2.05) is 30.1 Å². The van der Waals surface area contributed by atoms with Gasteiger partial charge in [0.05, 0.1) is 0 Å². The van der Waals surface area contributed by atoms with Gasteiger partial charge < -0.3 is 5.32 Å². The van der Waals surface area contributed by atoms with Crippen LogP contribution in [0.2, 0.25) is 0 Å². The molecule has 0 aliphatic heterocycles. The van der Waals surface area contributed by atoms with E-state index in [9.17, 15) is 0 Å². The molecule has 0 aliphatic rings. The predicted octanol–water partition coefficient (Wildman–Crippen LogP) is 3.80. The highest BCUT2D eigenvalue weighted by molar-refractivity contribution is 7.98. The Labute approximate surface area is 130 Å². The fraction of sp³-hybridized carbons (Fsp3) is 0.500. The van der Waals surface area contributed by atoms with Gasteiger partial charge in [-0.3, -0.25) is 4.90 Å². The summed E-state index contributed by atoms with van der Waals surface area (Å²) >= 11 is 3.84. The Morgan fingerprint density at radius 3 is 2.80 bits per heavy atom. The standard InChI is InChI=1S/C16H24N2S2/c1-12(11-19-4)18(3)10-14-13-7-5-6-8-15(13)20-16(14)9-17-2/h5-8,12,17H,9-11H2,1-4H3. The van der Waals surface area contributed by atoms with Gasteiger partial charge in [0.25, 0.3) is 0 Å². The van der Waals surface area contributed by atoms with E-state index in [-0.39, 0.29) is 0 Å². The fourth-order valence-corrected chi connectivity index (χ4v) is 4.36. The van der Waals surface area contributed by atoms with Crippen molar-refractivity contribution in [1.82, 2.24) is 10.2 Å². The number of fused-ring (bicyclic) bond motifs is 1. The summed E-state index contributed by atoms with van der Waals surface area (Å²) in [6, 6.07) is 9.37. The molecule has 1 unspecified atom stereocenters. The Hall–Kier alpha value is -0.550. The second kappa shape index (κ2) is 7.46. The lowest BCUT2D eigenvalue weighted by molar-refractivity contribution is 0.270. The summed E-state index contributed by atoms with van der Waals surface area (Å²) in [5.74, 6) is 1.18. The summed E-state index contributed by atoms with van der Waals surface area (Å²) < 4.78 is 1.40. The zero-order chi connectivity index (χ0) is 14.5. The van der Waals surface area contributed by atoms with Crippen molar-refractivity contribution in [2.24, 2.45) is 0 Å². The van der Waals surface area contributed by atoms with Crippen molar-refractivity contribution >= 4 is 33.2 Å². The van der Waals surface area contributed by atoms with Gasteiger partial charge in [0.1, 0.15) is 0 Å². The molecule has 2 aromatic rings. The average Bonchev–Trinajstić information content (AvgIpc) is 2.78. The topological polar surface area (TPSA) is 15.3 Å². The van der Waals surface area contributed by atoms with Crippen molar-refractivity contribution < 1.29 is 0 Å². The first-order valence-electron chi connectivity index (χ1n) is 7.00. The lowest BCUT2D eigenvalue weighted by Crippen LogP contribution is -2.30. The van der Waals surface area contributed by atoms with Crippen molar-refractivity contribution in [3.63, 3.8) is 0 Å². The van der Waals surface area contributed by atoms with Gasteiger partial charge in [-0.15, -0.1) is 11.3 Å². The maximum atomic E-state index is 3.30. The van der Waals surface area contributed by atoms with Gasteiger partial charge in [0.15, 0.2) is 0 Å². The summed E-state index contributed by atoms with van der Waals surface area (Å²) in [7, 11) is 4.25. The second-order valence-corrected chi connectivity index (χ2v) is 7.30. The number of hydrogen-bond donors (Lipinski definition) is 1. The summed E-state index contributed by atoms with van der Waals surface area (Å²) in [6.07, 6.45) is 2.18. The van der Waals surface area contributed by atoms with Crippen molar-refractivity contribution in [2.45, 2.75) is 26.1 Å². The van der Waals surface area contributed by atoms with Crippen LogP contribution >= 0.6 is 23.1 Å². The molecule has 1 aromatic heterocycles. The quantitative estimate of drug-likeness (QED) is 0.837. The molecule has 2 nitrogen and oxygen atoms in total. The predicted molar refractivity (Wildman–Crippen MR) is 93.9 cm³/mol. The number of benzene rings is 1. The maximum absolute atomic E-state index is 3.30. The van der Waals surface area contributed by atoms with E-state index in [1.54, 1.807) is 0 Å². The zero-order valence-electron chi connectivity index (χ0n) is 12.8. The van der Waals surface area contributed by atoms with Crippen molar-refractivity contribution in [3.05, 3.63) is 34.7 Å². The lowest BCUT2D eigenvalue weighted by atomic mass is 10.1. The maximum Gasteiger partial charge on any atom is 0.0349 e. The number of rotatable bonds is 7. The molecule has 1 heterocycles. The van der Waals surface area contributed by atoms with Crippen LogP contribution in [0.15, 0.2) is 24.3 Å². The van der Waals surface area contributed by atoms with Crippen LogP contribution in [0.5, 0.6) is 0 Å². The minimum atomic E-state index is 0.603. The third kappa shape index (κ3) is 3.55. The van der Waals surface area contributed by atoms with Gasteiger partial charge in [-0.05, 0) is 44.3 Å². The van der Waals surface area contributed by atoms with Gasteiger partial charge in [-0.1, -0.05) is 18.2 Å². The monoisotopic (exact) mass is 308 g/mol. The number of nitrogens with zero attached hydrogens (tertiary/aromatic N) is 1. The average molecular weight is 309 g/mol. The van der Waals surface area contributed by atoms with Crippen LogP contribution in [0.25, 0.3) is 10.1 Å². The molecule has 1 N–H and O–H groups in total. The molecule has 1 atom stereocenters. The van der Waals surface area contributed by atoms with E-state index in [0.29, 0.717) is 6.04 Å². The highest BCUT2D eigenvalue weighted by Crippen LogP contribution is 2.32. The van der Waals surface area contributed by atoms with Gasteiger partial charge in [-0.2, -0.15) is 11.8 Å². The third-order valence-electron chi connectivity index (χ3n) is 3.69. The first-order valence-corrected chi connectivity index (χ1v) is 9.21. The molecule has 20 heavy (non-hydrogen) atoms. The third-order valence-corrected chi connectivity index (χ3v) is 5.72. The van der Waals surface area contributed by atoms with Crippen LogP contribution in [0.4, 0.5) is 0 Å². The number of thioether (sulfide) groups is 1. The summed E-state index contributed by atoms with van der Waals surface area (Å²) in [4.78, 5) is 3.93. The normalized spacial score (nSPS) is 13.2. The molecule has 0 bridgehead atoms. The molecular formula is C16H24N2S2. The number of thiophene rings is 1. The number of hydrogen-bond acceptors (Lipinski definition) is 4. The van der Waals surface area contributed by atoms with E-state index in [1.165, 1.54) is 26.3 Å². The van der Waals surface area contributed by atoms with E-state index in [2.05, 4.69) is 54.7 Å². The van der Waals surface area contributed by atoms with Gasteiger partial charge >= 0.3 is 0 Å². The van der Waals surface area contributed by atoms with Crippen LogP contribution in [0.3, 0.4) is 0 Å². The highest BCUT2D eigenvalue weighted by atomic mass is 32.2. The lowest BCUT2D eigenvalue weighted by Gasteiger charge is -2.24. The Kier molecular flexibility index (Phi) is 5.90. The molecule has 2 rings (SSSR count). The SMILES string of the molecule is CNCc1sc2ccccc2c1CN(C)C(C)CSC. The summed E-state index contributed by atoms with van der Waals surface area (Å²) in [5, 5.41) is 4.72. The molecule has 0 aliphatic carbocycles. The molecule has 1 aromatic carbocycles. The largest absolute Gasteiger partial charge is 0.315 e. The molecule has 0 radical (unpaired) electrons. The van der Waals surface area contributed by atoms with Gasteiger partial charge in [-0.25, -0.2) is 0 Å². The number of nitrogens with one attached hydrogen (secondary N) is 1. The molecule has 110 valence electrons. The molecule has 0 saturated heterocycles. The van der Waals surface area contributed by atoms with E-state index in [0.717, 1.165) is 13.1 Å². The smallest absolute Gasteiger partial charge is 0.0349 e. The first kappa shape index (κ1) is 15.8. The minimum Gasteiger partial charge on any atom is -0.315 e. The Morgan fingerprint density at radius 1 is 1.35 bits per heavy atom. The first-order chi connectivity index (χ1) is 9.67. The molecular weight excluding hydrogens is 284 g/mol. The summed E-state index contributed by atoms with van der Waals surface area (Å²) in [5.41, 5.74) is 1.50. The van der Waals surface area contributed by atoms with Gasteiger partial charge in [0, 0.05) is 34.5 Å². The zero-order valence-corrected chi connectivity index (χ0v) is 14.4. The molecule has 4 heteroatoms. The van der Waals surface area contributed by atoms with E-state index in [4.69, 9.17) is 0 Å². The van der Waals surface area contributed by atoms with Crippen LogP contribution in [0.1, 0.15) is 17.4 Å². The van der Waals surface area contributed by atoms with Crippen LogP contribution < -0.4 is 5.32 Å². The molecule has 0 spiro atoms. The molecule has 0 saturated carbocycles. The van der Waals surface area contributed by atoms with Crippen LogP contribution in [-0.2, 0) is 13.1 Å². The van der Waals surface area contributed by atoms with Crippen LogP contribution in [-0.4, -0.2) is 37.0 Å². The van der Waals surface area contributed by atoms with E-state index < -0.39 is 0 Å². The second-order valence-electron chi connectivity index (χ2n) is 5.25. The Morgan fingerprint density at radius 2 is 2.10 bits per heavy atom.